The minimum atomic E-state index is 0.506. The maximum atomic E-state index is 5.03. The van der Waals surface area contributed by atoms with Gasteiger partial charge in [0.15, 0.2) is 0 Å². The maximum absolute atomic E-state index is 5.03. The van der Waals surface area contributed by atoms with E-state index in [2.05, 4.69) is 37.1 Å². The smallest absolute Gasteiger partial charge is 0.0990 e. The molecule has 4 heteroatoms. The van der Waals surface area contributed by atoms with E-state index in [0.717, 1.165) is 23.9 Å². The van der Waals surface area contributed by atoms with Crippen molar-refractivity contribution in [2.24, 2.45) is 0 Å². The van der Waals surface area contributed by atoms with Gasteiger partial charge in [-0.25, -0.2) is 4.98 Å². The largest absolute Gasteiger partial charge is 0.384 e. The predicted octanol–water partition coefficient (Wildman–Crippen LogP) is 2.63. The molecule has 0 radical (unpaired) electrons. The second-order valence-electron chi connectivity index (χ2n) is 4.34. The van der Waals surface area contributed by atoms with Gasteiger partial charge in [-0.2, -0.15) is 0 Å². The molecule has 0 spiro atoms. The highest BCUT2D eigenvalue weighted by Crippen LogP contribution is 2.20. The molecule has 0 aliphatic carbocycles. The van der Waals surface area contributed by atoms with Crippen LogP contribution < -0.4 is 5.32 Å². The second-order valence-corrected chi connectivity index (χ2v) is 5.43. The summed E-state index contributed by atoms with van der Waals surface area (Å²) in [5.74, 6) is 0.952. The Labute approximate surface area is 108 Å². The summed E-state index contributed by atoms with van der Waals surface area (Å²) >= 11 is 1.75. The van der Waals surface area contributed by atoms with E-state index in [9.17, 15) is 0 Å². The first-order chi connectivity index (χ1) is 8.13. The average Bonchev–Trinajstić information content (AvgIpc) is 2.29. The van der Waals surface area contributed by atoms with Crippen LogP contribution in [-0.4, -0.2) is 30.5 Å². The number of hydrogen-bond acceptors (Lipinski definition) is 4. The summed E-state index contributed by atoms with van der Waals surface area (Å²) in [6, 6.07) is 2.71. The summed E-state index contributed by atoms with van der Waals surface area (Å²) in [4.78, 5) is 4.50. The van der Waals surface area contributed by atoms with Crippen LogP contribution >= 0.6 is 11.8 Å². The minimum Gasteiger partial charge on any atom is -0.384 e. The van der Waals surface area contributed by atoms with Crippen molar-refractivity contribution < 1.29 is 4.74 Å². The van der Waals surface area contributed by atoms with Crippen LogP contribution in [0.25, 0.3) is 0 Å². The van der Waals surface area contributed by atoms with Crippen molar-refractivity contribution in [3.63, 3.8) is 0 Å². The minimum absolute atomic E-state index is 0.506. The Hall–Kier alpha value is -0.580. The summed E-state index contributed by atoms with van der Waals surface area (Å²) < 4.78 is 5.03. The SMILES string of the molecule is COCCSc1ncc(CNC(C)C)cc1C. The number of nitrogens with zero attached hydrogens (tertiary/aromatic N) is 1. The number of nitrogens with one attached hydrogen (secondary N) is 1. The van der Waals surface area contributed by atoms with E-state index < -0.39 is 0 Å². The highest BCUT2D eigenvalue weighted by Gasteiger charge is 2.03. The van der Waals surface area contributed by atoms with Crippen molar-refractivity contribution in [1.82, 2.24) is 10.3 Å². The van der Waals surface area contributed by atoms with Gasteiger partial charge in [0.1, 0.15) is 0 Å². The predicted molar refractivity (Wildman–Crippen MR) is 73.5 cm³/mol. The van der Waals surface area contributed by atoms with Crippen LogP contribution in [0.5, 0.6) is 0 Å². The Kier molecular flexibility index (Phi) is 6.55. The van der Waals surface area contributed by atoms with Gasteiger partial charge in [0.05, 0.1) is 11.6 Å². The number of hydrogen-bond donors (Lipinski definition) is 1. The van der Waals surface area contributed by atoms with Crippen LogP contribution in [0.15, 0.2) is 17.3 Å². The zero-order valence-electron chi connectivity index (χ0n) is 11.1. The standard InChI is InChI=1S/C13H22N2OS/c1-10(2)14-8-12-7-11(3)13(15-9-12)17-6-5-16-4/h7,9-10,14H,5-6,8H2,1-4H3. The molecule has 17 heavy (non-hydrogen) atoms. The Balaban J connectivity index is 2.53. The zero-order valence-corrected chi connectivity index (χ0v) is 11.9. The molecule has 1 heterocycles. The summed E-state index contributed by atoms with van der Waals surface area (Å²) in [5.41, 5.74) is 2.49. The van der Waals surface area contributed by atoms with Crippen LogP contribution in [0.4, 0.5) is 0 Å². The molecule has 0 aromatic carbocycles. The lowest BCUT2D eigenvalue weighted by atomic mass is 10.2. The lowest BCUT2D eigenvalue weighted by molar-refractivity contribution is 0.218. The van der Waals surface area contributed by atoms with E-state index in [-0.39, 0.29) is 0 Å². The molecule has 1 aromatic heterocycles. The molecule has 0 fully saturated rings. The van der Waals surface area contributed by atoms with Crippen LogP contribution in [0, 0.1) is 6.92 Å². The van der Waals surface area contributed by atoms with Crippen molar-refractivity contribution in [1.29, 1.82) is 0 Å². The first kappa shape index (κ1) is 14.5. The van der Waals surface area contributed by atoms with Gasteiger partial charge in [0, 0.05) is 31.6 Å². The molecule has 0 saturated carbocycles. The second kappa shape index (κ2) is 7.69. The maximum Gasteiger partial charge on any atom is 0.0990 e. The number of rotatable bonds is 7. The summed E-state index contributed by atoms with van der Waals surface area (Å²) in [7, 11) is 1.72. The van der Waals surface area contributed by atoms with Crippen LogP contribution in [0.1, 0.15) is 25.0 Å². The van der Waals surface area contributed by atoms with E-state index in [0.29, 0.717) is 6.04 Å². The van der Waals surface area contributed by atoms with Gasteiger partial charge in [-0.3, -0.25) is 0 Å². The average molecular weight is 254 g/mol. The number of thioether (sulfide) groups is 1. The van der Waals surface area contributed by atoms with E-state index >= 15 is 0 Å². The molecule has 0 aliphatic heterocycles. The molecule has 0 bridgehead atoms. The molecule has 3 nitrogen and oxygen atoms in total. The van der Waals surface area contributed by atoms with Crippen molar-refractivity contribution in [2.75, 3.05) is 19.5 Å². The van der Waals surface area contributed by atoms with Gasteiger partial charge < -0.3 is 10.1 Å². The molecule has 0 amide bonds. The topological polar surface area (TPSA) is 34.1 Å². The molecular weight excluding hydrogens is 232 g/mol. The molecular formula is C13H22N2OS. The Morgan fingerprint density at radius 3 is 2.82 bits per heavy atom. The van der Waals surface area contributed by atoms with E-state index in [1.165, 1.54) is 11.1 Å². The highest BCUT2D eigenvalue weighted by atomic mass is 32.2. The van der Waals surface area contributed by atoms with Gasteiger partial charge >= 0.3 is 0 Å². The van der Waals surface area contributed by atoms with Gasteiger partial charge in [0.2, 0.25) is 0 Å². The Bertz CT molecular complexity index is 342. The Morgan fingerprint density at radius 2 is 2.24 bits per heavy atom. The summed E-state index contributed by atoms with van der Waals surface area (Å²) in [6.45, 7) is 8.06. The zero-order chi connectivity index (χ0) is 12.7. The van der Waals surface area contributed by atoms with Gasteiger partial charge in [0.25, 0.3) is 0 Å². The van der Waals surface area contributed by atoms with Crippen molar-refractivity contribution in [2.45, 2.75) is 38.4 Å². The number of pyridine rings is 1. The van der Waals surface area contributed by atoms with Gasteiger partial charge in [-0.05, 0) is 18.1 Å². The molecule has 1 rings (SSSR count). The fourth-order valence-electron chi connectivity index (χ4n) is 1.41. The fraction of sp³-hybridized carbons (Fsp3) is 0.615. The monoisotopic (exact) mass is 254 g/mol. The number of aromatic nitrogens is 1. The molecule has 0 unspecified atom stereocenters. The van der Waals surface area contributed by atoms with E-state index in [4.69, 9.17) is 4.74 Å². The van der Waals surface area contributed by atoms with Crippen molar-refractivity contribution in [3.8, 4) is 0 Å². The third kappa shape index (κ3) is 5.52. The fourth-order valence-corrected chi connectivity index (χ4v) is 2.27. The molecule has 1 N–H and O–H groups in total. The molecule has 0 saturated heterocycles. The summed E-state index contributed by atoms with van der Waals surface area (Å²) in [6.07, 6.45) is 1.96. The van der Waals surface area contributed by atoms with Crippen LogP contribution in [0.3, 0.4) is 0 Å². The number of ether oxygens (including phenoxy) is 1. The van der Waals surface area contributed by atoms with Crippen molar-refractivity contribution in [3.05, 3.63) is 23.4 Å². The third-order valence-electron chi connectivity index (χ3n) is 2.33. The molecule has 1 aromatic rings. The van der Waals surface area contributed by atoms with Crippen LogP contribution in [-0.2, 0) is 11.3 Å². The molecule has 96 valence electrons. The Morgan fingerprint density at radius 1 is 1.47 bits per heavy atom. The quantitative estimate of drug-likeness (QED) is 0.599. The number of methoxy groups -OCH3 is 1. The van der Waals surface area contributed by atoms with Crippen molar-refractivity contribution >= 4 is 11.8 Å². The third-order valence-corrected chi connectivity index (χ3v) is 3.40. The lowest BCUT2D eigenvalue weighted by Crippen LogP contribution is -2.21. The van der Waals surface area contributed by atoms with E-state index in [1.54, 1.807) is 18.9 Å². The van der Waals surface area contributed by atoms with E-state index in [1.807, 2.05) is 6.20 Å². The first-order valence-electron chi connectivity index (χ1n) is 5.94. The first-order valence-corrected chi connectivity index (χ1v) is 6.92. The molecule has 0 aliphatic rings. The molecule has 0 atom stereocenters. The van der Waals surface area contributed by atoms with Gasteiger partial charge in [-0.1, -0.05) is 19.9 Å². The van der Waals surface area contributed by atoms with Gasteiger partial charge in [-0.15, -0.1) is 11.8 Å². The number of aryl methyl sites for hydroxylation is 1. The van der Waals surface area contributed by atoms with Crippen LogP contribution in [0.2, 0.25) is 0 Å². The normalized spacial score (nSPS) is 11.1. The summed E-state index contributed by atoms with van der Waals surface area (Å²) in [5, 5.41) is 4.50. The highest BCUT2D eigenvalue weighted by molar-refractivity contribution is 7.99. The lowest BCUT2D eigenvalue weighted by Gasteiger charge is -2.10.